The number of hydrogen-bond donors (Lipinski definition) is 0. The number of ether oxygens (including phenoxy) is 1. The summed E-state index contributed by atoms with van der Waals surface area (Å²) in [6.45, 7) is 6.73. The van der Waals surface area contributed by atoms with Gasteiger partial charge in [-0.15, -0.1) is 0 Å². The summed E-state index contributed by atoms with van der Waals surface area (Å²) in [6.07, 6.45) is -0.711. The third-order valence-corrected chi connectivity index (χ3v) is 2.68. The molecule has 0 spiro atoms. The van der Waals surface area contributed by atoms with E-state index in [-0.39, 0.29) is 12.2 Å². The molecule has 0 aliphatic heterocycles. The molecule has 8 heteroatoms. The fourth-order valence-corrected chi connectivity index (χ4v) is 1.57. The highest BCUT2D eigenvalue weighted by molar-refractivity contribution is 6.36. The van der Waals surface area contributed by atoms with Gasteiger partial charge in [-0.05, 0) is 17.7 Å². The molecular formula is C14H13FN2O5. The molecule has 0 fully saturated rings. The Morgan fingerprint density at radius 1 is 1.32 bits per heavy atom. The topological polar surface area (TPSA) is 77.3 Å². The van der Waals surface area contributed by atoms with Crippen molar-refractivity contribution < 1.29 is 28.3 Å². The molecule has 7 nitrogen and oxygen atoms in total. The number of carbonyl (C=O) groups is 3. The third-order valence-electron chi connectivity index (χ3n) is 2.68. The van der Waals surface area contributed by atoms with Gasteiger partial charge in [0.05, 0.1) is 33.8 Å². The van der Waals surface area contributed by atoms with Crippen LogP contribution in [0.5, 0.6) is 0 Å². The Morgan fingerprint density at radius 2 is 2.00 bits per heavy atom. The molecule has 22 heavy (non-hydrogen) atoms. The molecule has 0 saturated heterocycles. The second-order valence-electron chi connectivity index (χ2n) is 4.10. The minimum atomic E-state index is -1.12. The maximum absolute atomic E-state index is 13.2. The van der Waals surface area contributed by atoms with Crippen molar-refractivity contribution in [3.8, 4) is 0 Å². The van der Waals surface area contributed by atoms with Crippen LogP contribution in [0, 0.1) is 12.4 Å². The maximum Gasteiger partial charge on any atom is 0.374 e. The molecule has 0 saturated carbocycles. The van der Waals surface area contributed by atoms with Crippen molar-refractivity contribution in [3.05, 3.63) is 41.0 Å². The first kappa shape index (κ1) is 17.3. The van der Waals surface area contributed by atoms with Crippen LogP contribution in [0.2, 0.25) is 0 Å². The molecule has 0 heterocycles. The number of hydroxylamine groups is 2. The smallest absolute Gasteiger partial charge is 0.374 e. The predicted octanol–water partition coefficient (Wildman–Crippen LogP) is 1.40. The molecule has 1 aromatic carbocycles. The number of halogens is 1. The summed E-state index contributed by atoms with van der Waals surface area (Å²) in [6, 6.07) is 3.75. The Labute approximate surface area is 126 Å². The normalized spacial score (nSPS) is 9.73. The van der Waals surface area contributed by atoms with Crippen molar-refractivity contribution in [2.75, 3.05) is 14.2 Å². The number of esters is 1. The van der Waals surface area contributed by atoms with Gasteiger partial charge in [0.2, 0.25) is 11.5 Å². The zero-order valence-electron chi connectivity index (χ0n) is 12.0. The molecule has 0 unspecified atom stereocenters. The summed E-state index contributed by atoms with van der Waals surface area (Å²) in [7, 11) is 2.24. The van der Waals surface area contributed by atoms with Crippen LogP contribution >= 0.6 is 0 Å². The highest BCUT2D eigenvalue weighted by Gasteiger charge is 2.23. The van der Waals surface area contributed by atoms with E-state index in [1.165, 1.54) is 19.2 Å². The van der Waals surface area contributed by atoms with Crippen molar-refractivity contribution in [1.29, 1.82) is 0 Å². The number of carbonyl (C=O) groups excluding carboxylic acids is 3. The number of nitrogens with zero attached hydrogens (tertiary/aromatic N) is 2. The Hall–Kier alpha value is -2.79. The molecule has 0 aliphatic rings. The summed E-state index contributed by atoms with van der Waals surface area (Å²) in [5.74, 6) is -3.56. The van der Waals surface area contributed by atoms with E-state index in [2.05, 4.69) is 9.58 Å². The van der Waals surface area contributed by atoms with Gasteiger partial charge in [0.25, 0.3) is 5.91 Å². The van der Waals surface area contributed by atoms with Crippen molar-refractivity contribution in [3.63, 3.8) is 0 Å². The number of amides is 1. The van der Waals surface area contributed by atoms with Crippen LogP contribution in [0.1, 0.15) is 12.0 Å². The highest BCUT2D eigenvalue weighted by Crippen LogP contribution is 2.20. The largest absolute Gasteiger partial charge is 0.463 e. The zero-order valence-corrected chi connectivity index (χ0v) is 12.0. The first-order chi connectivity index (χ1) is 10.4. The monoisotopic (exact) mass is 308 g/mol. The van der Waals surface area contributed by atoms with E-state index in [1.54, 1.807) is 0 Å². The number of hydrogen-bond acceptors (Lipinski definition) is 5. The third kappa shape index (κ3) is 4.36. The zero-order chi connectivity index (χ0) is 16.7. The lowest BCUT2D eigenvalue weighted by Gasteiger charge is -2.19. The SMILES string of the molecule is [C-]#[N+]c1cc(CN(OC)C(=O)CC(=O)C(=O)OC)ccc1F. The standard InChI is InChI=1S/C14H13FN2O5/c1-16-11-6-9(4-5-10(11)15)8-17(22-3)13(19)7-12(18)14(20)21-2/h4-6H,7-8H2,2-3H3. The molecule has 1 rings (SSSR count). The molecule has 0 aliphatic carbocycles. The molecule has 0 N–H and O–H groups in total. The Kier molecular flexibility index (Phi) is 6.16. The lowest BCUT2D eigenvalue weighted by Crippen LogP contribution is -2.33. The minimum Gasteiger partial charge on any atom is -0.463 e. The summed E-state index contributed by atoms with van der Waals surface area (Å²) >= 11 is 0. The van der Waals surface area contributed by atoms with Gasteiger partial charge in [-0.25, -0.2) is 19.1 Å². The molecule has 0 bridgehead atoms. The predicted molar refractivity (Wildman–Crippen MR) is 71.9 cm³/mol. The maximum atomic E-state index is 13.2. The van der Waals surface area contributed by atoms with Gasteiger partial charge < -0.3 is 4.74 Å². The number of benzene rings is 1. The summed E-state index contributed by atoms with van der Waals surface area (Å²) in [5.41, 5.74) is 0.250. The van der Waals surface area contributed by atoms with Crippen LogP contribution in [0.3, 0.4) is 0 Å². The van der Waals surface area contributed by atoms with Gasteiger partial charge in [0.15, 0.2) is 0 Å². The lowest BCUT2D eigenvalue weighted by molar-refractivity contribution is -0.180. The molecule has 1 aromatic rings. The molecule has 116 valence electrons. The Morgan fingerprint density at radius 3 is 2.55 bits per heavy atom. The van der Waals surface area contributed by atoms with Gasteiger partial charge in [-0.1, -0.05) is 6.07 Å². The molecular weight excluding hydrogens is 295 g/mol. The number of rotatable bonds is 6. The number of methoxy groups -OCH3 is 1. The number of ketones is 1. The van der Waals surface area contributed by atoms with E-state index in [1.807, 2.05) is 0 Å². The molecule has 1 amide bonds. The van der Waals surface area contributed by atoms with E-state index in [0.717, 1.165) is 18.2 Å². The van der Waals surface area contributed by atoms with Crippen LogP contribution in [-0.4, -0.2) is 36.9 Å². The Balaban J connectivity index is 2.81. The van der Waals surface area contributed by atoms with Crippen molar-refractivity contribution in [2.24, 2.45) is 0 Å². The van der Waals surface area contributed by atoms with Crippen LogP contribution in [0.4, 0.5) is 10.1 Å². The van der Waals surface area contributed by atoms with Crippen molar-refractivity contribution in [1.82, 2.24) is 5.06 Å². The second-order valence-corrected chi connectivity index (χ2v) is 4.10. The first-order valence-electron chi connectivity index (χ1n) is 6.04. The van der Waals surface area contributed by atoms with Gasteiger partial charge >= 0.3 is 5.97 Å². The van der Waals surface area contributed by atoms with Crippen LogP contribution in [-0.2, 0) is 30.5 Å². The average molecular weight is 308 g/mol. The van der Waals surface area contributed by atoms with E-state index in [9.17, 15) is 18.8 Å². The summed E-state index contributed by atoms with van der Waals surface area (Å²) < 4.78 is 17.4. The summed E-state index contributed by atoms with van der Waals surface area (Å²) in [5, 5.41) is 0.835. The fourth-order valence-electron chi connectivity index (χ4n) is 1.57. The molecule has 0 atom stereocenters. The lowest BCUT2D eigenvalue weighted by atomic mass is 10.2. The fraction of sp³-hybridized carbons (Fsp3) is 0.286. The van der Waals surface area contributed by atoms with Gasteiger partial charge in [-0.3, -0.25) is 14.4 Å². The average Bonchev–Trinajstić information content (AvgIpc) is 2.52. The Bertz CT molecular complexity index is 639. The highest BCUT2D eigenvalue weighted by atomic mass is 19.1. The molecule has 0 radical (unpaired) electrons. The van der Waals surface area contributed by atoms with E-state index >= 15 is 0 Å². The number of Topliss-reactive ketones (excluding diaryl/α,β-unsaturated/α-hetero) is 1. The van der Waals surface area contributed by atoms with Crippen molar-refractivity contribution in [2.45, 2.75) is 13.0 Å². The summed E-state index contributed by atoms with van der Waals surface area (Å²) in [4.78, 5) is 42.0. The van der Waals surface area contributed by atoms with E-state index < -0.39 is 29.9 Å². The van der Waals surface area contributed by atoms with Gasteiger partial charge in [0, 0.05) is 0 Å². The van der Waals surface area contributed by atoms with Gasteiger partial charge in [0.1, 0.15) is 5.82 Å². The van der Waals surface area contributed by atoms with Crippen LogP contribution in [0.25, 0.3) is 4.85 Å². The first-order valence-corrected chi connectivity index (χ1v) is 6.04. The van der Waals surface area contributed by atoms with E-state index in [4.69, 9.17) is 11.4 Å². The van der Waals surface area contributed by atoms with Crippen LogP contribution in [0.15, 0.2) is 18.2 Å². The van der Waals surface area contributed by atoms with E-state index in [0.29, 0.717) is 5.56 Å². The second kappa shape index (κ2) is 7.85. The van der Waals surface area contributed by atoms with Crippen molar-refractivity contribution >= 4 is 23.3 Å². The molecule has 0 aromatic heterocycles. The van der Waals surface area contributed by atoms with Gasteiger partial charge in [-0.2, -0.15) is 0 Å². The minimum absolute atomic E-state index is 0.105. The van der Waals surface area contributed by atoms with Crippen LogP contribution < -0.4 is 0 Å². The quantitative estimate of drug-likeness (QED) is 0.261.